The smallest absolute Gasteiger partial charge is 0.118 e. The molecule has 0 aliphatic heterocycles. The first kappa shape index (κ1) is 8.90. The third kappa shape index (κ3) is 3.27. The molecule has 12 heavy (non-hydrogen) atoms. The van der Waals surface area contributed by atoms with Gasteiger partial charge in [-0.1, -0.05) is 25.0 Å². The molecule has 0 aromatic carbocycles. The highest BCUT2D eigenvalue weighted by Gasteiger charge is 1.84. The van der Waals surface area contributed by atoms with Crippen LogP contribution < -0.4 is 0 Å². The molecular weight excluding hydrogens is 152 g/mol. The second-order valence-electron chi connectivity index (χ2n) is 2.60. The van der Waals surface area contributed by atoms with Crippen LogP contribution in [-0.2, 0) is 0 Å². The van der Waals surface area contributed by atoms with Crippen LogP contribution in [0, 0.1) is 0 Å². The minimum atomic E-state index is 0.812. The average Bonchev–Trinajstić information content (AvgIpc) is 2.57. The minimum absolute atomic E-state index is 0.812. The lowest BCUT2D eigenvalue weighted by Gasteiger charge is -1.91. The van der Waals surface area contributed by atoms with Gasteiger partial charge in [-0.25, -0.2) is 9.66 Å². The molecule has 1 aromatic rings. The Morgan fingerprint density at radius 2 is 2.33 bits per heavy atom. The van der Waals surface area contributed by atoms with Gasteiger partial charge in [-0.15, -0.1) is 0 Å². The maximum absolute atomic E-state index is 4.00. The van der Waals surface area contributed by atoms with Gasteiger partial charge in [-0.3, -0.25) is 0 Å². The third-order valence-corrected chi connectivity index (χ3v) is 1.52. The molecule has 1 heterocycles. The van der Waals surface area contributed by atoms with Crippen LogP contribution in [0.5, 0.6) is 0 Å². The van der Waals surface area contributed by atoms with Gasteiger partial charge in [0.1, 0.15) is 6.33 Å². The third-order valence-electron chi connectivity index (χ3n) is 1.52. The van der Waals surface area contributed by atoms with Crippen molar-refractivity contribution in [3.8, 4) is 0 Å². The highest BCUT2D eigenvalue weighted by molar-refractivity contribution is 4.71. The van der Waals surface area contributed by atoms with Crippen molar-refractivity contribution in [2.24, 2.45) is 10.3 Å². The van der Waals surface area contributed by atoms with Gasteiger partial charge in [0.25, 0.3) is 0 Å². The van der Waals surface area contributed by atoms with E-state index >= 15 is 0 Å². The Morgan fingerprint density at radius 1 is 1.42 bits per heavy atom. The largest absolute Gasteiger partial charge is 0.243 e. The van der Waals surface area contributed by atoms with E-state index in [9.17, 15) is 0 Å². The lowest BCUT2D eigenvalue weighted by atomic mass is 10.3. The molecule has 0 spiro atoms. The molecule has 0 fully saturated rings. The summed E-state index contributed by atoms with van der Waals surface area (Å²) < 4.78 is 1.60. The molecule has 0 unspecified atom stereocenters. The predicted octanol–water partition coefficient (Wildman–Crippen LogP) is 2.29. The van der Waals surface area contributed by atoms with Gasteiger partial charge >= 0.3 is 0 Å². The monoisotopic (exact) mass is 166 g/mol. The van der Waals surface area contributed by atoms with Crippen molar-refractivity contribution in [1.29, 1.82) is 0 Å². The first-order valence-electron chi connectivity index (χ1n) is 4.29. The molecule has 4 nitrogen and oxygen atoms in total. The van der Waals surface area contributed by atoms with E-state index in [4.69, 9.17) is 0 Å². The Balaban J connectivity index is 2.14. The van der Waals surface area contributed by atoms with Crippen LogP contribution in [-0.4, -0.2) is 16.2 Å². The summed E-state index contributed by atoms with van der Waals surface area (Å²) in [5.74, 6) is 0. The van der Waals surface area contributed by atoms with Crippen LogP contribution in [0.15, 0.2) is 29.1 Å². The van der Waals surface area contributed by atoms with Crippen LogP contribution in [0.1, 0.15) is 26.2 Å². The Bertz CT molecular complexity index is 215. The van der Waals surface area contributed by atoms with E-state index in [-0.39, 0.29) is 0 Å². The summed E-state index contributed by atoms with van der Waals surface area (Å²) in [5, 5.41) is 7.92. The normalized spacial score (nSPS) is 11.1. The summed E-state index contributed by atoms with van der Waals surface area (Å²) in [4.78, 5) is 3.85. The van der Waals surface area contributed by atoms with E-state index in [0.29, 0.717) is 0 Å². The molecule has 0 bridgehead atoms. The summed E-state index contributed by atoms with van der Waals surface area (Å²) in [6.07, 6.45) is 8.65. The molecular formula is C8H14N4. The lowest BCUT2D eigenvalue weighted by Crippen LogP contribution is -1.83. The van der Waals surface area contributed by atoms with E-state index < -0.39 is 0 Å². The average molecular weight is 166 g/mol. The molecule has 0 aliphatic carbocycles. The van der Waals surface area contributed by atoms with Gasteiger partial charge in [0.15, 0.2) is 0 Å². The standard InChI is InChI=1S/C8H14N4/c1-2-3-4-5-10-11-12-7-6-9-8-12/h6-8H,2-5H2,1H3. The van der Waals surface area contributed by atoms with Gasteiger partial charge in [0, 0.05) is 6.20 Å². The van der Waals surface area contributed by atoms with Gasteiger partial charge in [0.05, 0.1) is 12.7 Å². The highest BCUT2D eigenvalue weighted by atomic mass is 15.5. The van der Waals surface area contributed by atoms with Crippen molar-refractivity contribution in [3.05, 3.63) is 18.7 Å². The molecule has 0 N–H and O–H groups in total. The summed E-state index contributed by atoms with van der Waals surface area (Å²) in [6, 6.07) is 0. The zero-order chi connectivity index (χ0) is 8.65. The van der Waals surface area contributed by atoms with Gasteiger partial charge in [-0.2, -0.15) is 5.11 Å². The van der Waals surface area contributed by atoms with Crippen LogP contribution >= 0.6 is 0 Å². The highest BCUT2D eigenvalue weighted by Crippen LogP contribution is 1.94. The number of unbranched alkanes of at least 4 members (excludes halogenated alkanes) is 2. The number of rotatable bonds is 5. The quantitative estimate of drug-likeness (QED) is 0.488. The van der Waals surface area contributed by atoms with E-state index in [1.165, 1.54) is 12.8 Å². The van der Waals surface area contributed by atoms with Crippen molar-refractivity contribution >= 4 is 0 Å². The lowest BCUT2D eigenvalue weighted by molar-refractivity contribution is 0.675. The van der Waals surface area contributed by atoms with E-state index in [2.05, 4.69) is 22.2 Å². The van der Waals surface area contributed by atoms with Crippen molar-refractivity contribution < 1.29 is 0 Å². The molecule has 0 radical (unpaired) electrons. The van der Waals surface area contributed by atoms with Crippen LogP contribution in [0.2, 0.25) is 0 Å². The van der Waals surface area contributed by atoms with E-state index in [1.54, 1.807) is 23.4 Å². The molecule has 0 saturated heterocycles. The van der Waals surface area contributed by atoms with Gasteiger partial charge in [-0.05, 0) is 6.42 Å². The zero-order valence-electron chi connectivity index (χ0n) is 7.35. The summed E-state index contributed by atoms with van der Waals surface area (Å²) in [6.45, 7) is 2.99. The van der Waals surface area contributed by atoms with Crippen molar-refractivity contribution in [3.63, 3.8) is 0 Å². The van der Waals surface area contributed by atoms with E-state index in [1.807, 2.05) is 0 Å². The molecule has 1 rings (SSSR count). The first-order chi connectivity index (χ1) is 5.93. The fourth-order valence-electron chi connectivity index (χ4n) is 0.855. The summed E-state index contributed by atoms with van der Waals surface area (Å²) >= 11 is 0. The van der Waals surface area contributed by atoms with Crippen molar-refractivity contribution in [2.75, 3.05) is 6.54 Å². The number of hydrogen-bond donors (Lipinski definition) is 0. The van der Waals surface area contributed by atoms with Crippen LogP contribution in [0.25, 0.3) is 0 Å². The Labute approximate surface area is 72.3 Å². The predicted molar refractivity (Wildman–Crippen MR) is 46.9 cm³/mol. The molecule has 0 aliphatic rings. The molecule has 66 valence electrons. The van der Waals surface area contributed by atoms with Crippen molar-refractivity contribution in [2.45, 2.75) is 26.2 Å². The molecule has 0 atom stereocenters. The maximum atomic E-state index is 4.00. The molecule has 1 aromatic heterocycles. The molecule has 0 saturated carbocycles. The van der Waals surface area contributed by atoms with E-state index in [0.717, 1.165) is 13.0 Å². The molecule has 4 heteroatoms. The molecule has 0 amide bonds. The van der Waals surface area contributed by atoms with Crippen molar-refractivity contribution in [1.82, 2.24) is 9.66 Å². The van der Waals surface area contributed by atoms with Gasteiger partial charge in [0.2, 0.25) is 0 Å². The fourth-order valence-corrected chi connectivity index (χ4v) is 0.855. The summed E-state index contributed by atoms with van der Waals surface area (Å²) in [7, 11) is 0. The topological polar surface area (TPSA) is 42.5 Å². The number of hydrogen-bond acceptors (Lipinski definition) is 3. The Morgan fingerprint density at radius 3 is 3.00 bits per heavy atom. The van der Waals surface area contributed by atoms with Crippen LogP contribution in [0.3, 0.4) is 0 Å². The second kappa shape index (κ2) is 5.46. The first-order valence-corrected chi connectivity index (χ1v) is 4.29. The Hall–Kier alpha value is -1.19. The summed E-state index contributed by atoms with van der Waals surface area (Å²) in [5.41, 5.74) is 0. The zero-order valence-corrected chi connectivity index (χ0v) is 7.35. The Kier molecular flexibility index (Phi) is 4.05. The maximum Gasteiger partial charge on any atom is 0.118 e. The number of nitrogens with zero attached hydrogens (tertiary/aromatic N) is 4. The fraction of sp³-hybridized carbons (Fsp3) is 0.625. The minimum Gasteiger partial charge on any atom is -0.243 e. The number of imidazole rings is 1. The number of aromatic nitrogens is 2. The van der Waals surface area contributed by atoms with Crippen LogP contribution in [0.4, 0.5) is 0 Å². The van der Waals surface area contributed by atoms with Gasteiger partial charge < -0.3 is 0 Å². The second-order valence-corrected chi connectivity index (χ2v) is 2.60. The SMILES string of the molecule is CCCCCN=Nn1ccnc1.